The number of hydrogen-bond donors (Lipinski definition) is 0. The number of pyridine rings is 1. The number of anilines is 1. The van der Waals surface area contributed by atoms with Gasteiger partial charge in [0, 0.05) is 34.8 Å². The lowest BCUT2D eigenvalue weighted by atomic mass is 9.93. The average molecular weight is 637 g/mol. The maximum Gasteiger partial charge on any atom is 0.416 e. The van der Waals surface area contributed by atoms with Crippen molar-refractivity contribution in [3.8, 4) is 16.5 Å². The third-order valence-corrected chi connectivity index (χ3v) is 9.28. The number of rotatable bonds is 7. The molecular weight excluding hydrogens is 606 g/mol. The minimum Gasteiger partial charge on any atom is -0.439 e. The van der Waals surface area contributed by atoms with Gasteiger partial charge < -0.3 is 9.64 Å². The summed E-state index contributed by atoms with van der Waals surface area (Å²) in [6, 6.07) is 8.09. The third-order valence-electron chi connectivity index (χ3n) is 8.24. The van der Waals surface area contributed by atoms with E-state index < -0.39 is 41.7 Å². The number of halogens is 6. The van der Waals surface area contributed by atoms with Crippen molar-refractivity contribution < 1.29 is 35.9 Å². The molecule has 234 valence electrons. The molecule has 2 fully saturated rings. The Morgan fingerprint density at radius 2 is 1.70 bits per heavy atom. The molecular formula is C31H30F6N4O2S. The molecule has 0 unspecified atom stereocenters. The van der Waals surface area contributed by atoms with Gasteiger partial charge in [-0.15, -0.1) is 11.3 Å². The van der Waals surface area contributed by atoms with Gasteiger partial charge in [0.1, 0.15) is 22.9 Å². The number of carbonyl (C=O) groups excluding carboxylic acids is 1. The summed E-state index contributed by atoms with van der Waals surface area (Å²) >= 11 is 1.29. The van der Waals surface area contributed by atoms with Gasteiger partial charge in [-0.25, -0.2) is 9.78 Å². The predicted octanol–water partition coefficient (Wildman–Crippen LogP) is 8.96. The highest BCUT2D eigenvalue weighted by atomic mass is 32.1. The second kappa shape index (κ2) is 12.3. The molecule has 13 heteroatoms. The molecule has 1 amide bonds. The number of benzene rings is 1. The molecule has 44 heavy (non-hydrogen) atoms. The number of nitrogens with zero attached hydrogens (tertiary/aromatic N) is 4. The molecule has 5 rings (SSSR count). The summed E-state index contributed by atoms with van der Waals surface area (Å²) in [6.45, 7) is 4.17. The molecule has 1 aliphatic heterocycles. The molecule has 1 saturated carbocycles. The van der Waals surface area contributed by atoms with Crippen molar-refractivity contribution in [1.82, 2.24) is 9.88 Å². The number of thiophene rings is 1. The Kier molecular flexibility index (Phi) is 8.84. The Balaban J connectivity index is 1.52. The van der Waals surface area contributed by atoms with E-state index in [0.29, 0.717) is 34.9 Å². The topological polar surface area (TPSA) is 69.5 Å². The van der Waals surface area contributed by atoms with Crippen LogP contribution in [0.1, 0.15) is 79.2 Å². The second-order valence-electron chi connectivity index (χ2n) is 11.1. The van der Waals surface area contributed by atoms with E-state index in [9.17, 15) is 36.4 Å². The van der Waals surface area contributed by atoms with Gasteiger partial charge in [0.15, 0.2) is 0 Å². The van der Waals surface area contributed by atoms with Crippen LogP contribution in [0.25, 0.3) is 10.4 Å². The van der Waals surface area contributed by atoms with Crippen LogP contribution < -0.4 is 4.90 Å². The third kappa shape index (κ3) is 6.50. The van der Waals surface area contributed by atoms with Crippen LogP contribution >= 0.6 is 11.3 Å². The van der Waals surface area contributed by atoms with Crippen LogP contribution in [0.2, 0.25) is 0 Å². The summed E-state index contributed by atoms with van der Waals surface area (Å²) in [5.41, 5.74) is -1.95. The van der Waals surface area contributed by atoms with Gasteiger partial charge in [0.05, 0.1) is 23.7 Å². The second-order valence-corrected chi connectivity index (χ2v) is 12.2. The first-order valence-electron chi connectivity index (χ1n) is 14.3. The minimum absolute atomic E-state index is 0.0303. The van der Waals surface area contributed by atoms with Crippen LogP contribution in [-0.2, 0) is 23.6 Å². The molecule has 3 aromatic rings. The van der Waals surface area contributed by atoms with Crippen LogP contribution in [0, 0.1) is 11.3 Å². The van der Waals surface area contributed by atoms with Gasteiger partial charge in [-0.1, -0.05) is 19.3 Å². The molecule has 2 atom stereocenters. The summed E-state index contributed by atoms with van der Waals surface area (Å²) in [4.78, 5) is 22.8. The highest BCUT2D eigenvalue weighted by Crippen LogP contribution is 2.42. The smallest absolute Gasteiger partial charge is 0.416 e. The maximum atomic E-state index is 13.6. The highest BCUT2D eigenvalue weighted by Gasteiger charge is 2.43. The molecule has 0 bridgehead atoms. The zero-order valence-corrected chi connectivity index (χ0v) is 24.8. The van der Waals surface area contributed by atoms with Crippen molar-refractivity contribution in [2.45, 2.75) is 83.0 Å². The fraction of sp³-hybridized carbons (Fsp3) is 0.452. The van der Waals surface area contributed by atoms with E-state index in [2.05, 4.69) is 11.0 Å². The Morgan fingerprint density at radius 1 is 1.05 bits per heavy atom. The van der Waals surface area contributed by atoms with Gasteiger partial charge in [-0.2, -0.15) is 31.6 Å². The highest BCUT2D eigenvalue weighted by molar-refractivity contribution is 7.16. The van der Waals surface area contributed by atoms with Crippen LogP contribution in [0.5, 0.6) is 0 Å². The zero-order valence-electron chi connectivity index (χ0n) is 24.0. The van der Waals surface area contributed by atoms with E-state index in [1.807, 2.05) is 13.0 Å². The first kappa shape index (κ1) is 31.6. The van der Waals surface area contributed by atoms with E-state index in [1.165, 1.54) is 23.2 Å². The largest absolute Gasteiger partial charge is 0.439 e. The van der Waals surface area contributed by atoms with Crippen molar-refractivity contribution in [2.24, 2.45) is 0 Å². The van der Waals surface area contributed by atoms with Gasteiger partial charge in [0.25, 0.3) is 0 Å². The molecule has 6 nitrogen and oxygen atoms in total. The number of alkyl halides is 6. The zero-order chi connectivity index (χ0) is 31.8. The minimum atomic E-state index is -5.03. The van der Waals surface area contributed by atoms with E-state index in [4.69, 9.17) is 9.72 Å². The number of nitriles is 1. The van der Waals surface area contributed by atoms with Crippen LogP contribution in [0.15, 0.2) is 42.6 Å². The van der Waals surface area contributed by atoms with Crippen LogP contribution in [0.3, 0.4) is 0 Å². The van der Waals surface area contributed by atoms with Crippen LogP contribution in [0.4, 0.5) is 37.0 Å². The van der Waals surface area contributed by atoms with Crippen molar-refractivity contribution >= 4 is 23.2 Å². The molecule has 1 aliphatic carbocycles. The molecule has 1 aromatic carbocycles. The molecule has 0 spiro atoms. The summed E-state index contributed by atoms with van der Waals surface area (Å²) in [5, 5.41) is 9.29. The number of amides is 1. The Bertz CT molecular complexity index is 1530. The van der Waals surface area contributed by atoms with Gasteiger partial charge in [-0.05, 0) is 68.7 Å². The summed E-state index contributed by atoms with van der Waals surface area (Å²) in [5.74, 6) is 0.655. The molecule has 0 radical (unpaired) electrons. The van der Waals surface area contributed by atoms with E-state index in [1.54, 1.807) is 18.3 Å². The fourth-order valence-corrected chi connectivity index (χ4v) is 6.81. The number of hydrogen-bond acceptors (Lipinski definition) is 6. The average Bonchev–Trinajstić information content (AvgIpc) is 3.58. The van der Waals surface area contributed by atoms with Gasteiger partial charge >= 0.3 is 18.4 Å². The lowest BCUT2D eigenvalue weighted by molar-refractivity contribution is -0.143. The maximum absolute atomic E-state index is 13.6. The van der Waals surface area contributed by atoms with Crippen LogP contribution in [-0.4, -0.2) is 34.6 Å². The fourth-order valence-electron chi connectivity index (χ4n) is 6.03. The molecule has 0 N–H and O–H groups in total. The van der Waals surface area contributed by atoms with E-state index in [0.717, 1.165) is 42.5 Å². The summed E-state index contributed by atoms with van der Waals surface area (Å²) in [6.07, 6.45) is -5.29. The van der Waals surface area contributed by atoms with Gasteiger partial charge in [-0.3, -0.25) is 4.90 Å². The van der Waals surface area contributed by atoms with Crippen molar-refractivity contribution in [1.29, 1.82) is 5.26 Å². The van der Waals surface area contributed by atoms with Crippen molar-refractivity contribution in [3.05, 3.63) is 69.7 Å². The van der Waals surface area contributed by atoms with E-state index in [-0.39, 0.29) is 24.2 Å². The number of ether oxygens (including phenoxy) is 1. The number of aromatic nitrogens is 1. The SMILES string of the molecule is CCN(c1ncc(-c2ccc(C#N)s2)cc1CN1C(=O)O[C@H](c2cc(C(F)(F)F)cc(C(F)(F)F)c2)[C@@H]1C)C1CCCCC1. The Labute approximate surface area is 254 Å². The standard InChI is InChI=1S/C31H30F6N4O2S/c1-3-40(24-7-5-4-6-8-24)28-21(11-20(16-39-28)26-10-9-25(15-38)44-26)17-41-18(2)27(43-29(41)42)19-12-22(30(32,33)34)14-23(13-19)31(35,36)37/h9-14,16,18,24,27H,3-8,17H2,1-2H3/t18-,27-/m0/s1. The summed E-state index contributed by atoms with van der Waals surface area (Å²) in [7, 11) is 0. The predicted molar refractivity (Wildman–Crippen MR) is 153 cm³/mol. The Hall–Kier alpha value is -3.79. The van der Waals surface area contributed by atoms with Crippen molar-refractivity contribution in [3.63, 3.8) is 0 Å². The first-order chi connectivity index (χ1) is 20.8. The monoisotopic (exact) mass is 636 g/mol. The number of cyclic esters (lactones) is 1. The van der Waals surface area contributed by atoms with Crippen molar-refractivity contribution in [2.75, 3.05) is 11.4 Å². The number of carbonyl (C=O) groups is 1. The molecule has 3 heterocycles. The lowest BCUT2D eigenvalue weighted by Crippen LogP contribution is -2.39. The molecule has 1 saturated heterocycles. The molecule has 2 aromatic heterocycles. The molecule has 2 aliphatic rings. The normalized spacial score (nSPS) is 19.6. The van der Waals surface area contributed by atoms with E-state index >= 15 is 0 Å². The first-order valence-corrected chi connectivity index (χ1v) is 15.1. The Morgan fingerprint density at radius 3 is 2.27 bits per heavy atom. The summed E-state index contributed by atoms with van der Waals surface area (Å²) < 4.78 is 86.8. The lowest BCUT2D eigenvalue weighted by Gasteiger charge is -2.36. The van der Waals surface area contributed by atoms with Gasteiger partial charge in [0.2, 0.25) is 0 Å². The quantitative estimate of drug-likeness (QED) is 0.242.